The van der Waals surface area contributed by atoms with Crippen LogP contribution in [0.3, 0.4) is 0 Å². The highest BCUT2D eigenvalue weighted by molar-refractivity contribution is 7.89. The summed E-state index contributed by atoms with van der Waals surface area (Å²) in [4.78, 5) is 27.2. The van der Waals surface area contributed by atoms with Gasteiger partial charge in [0.25, 0.3) is 5.91 Å². The number of methoxy groups -OCH3 is 1. The van der Waals surface area contributed by atoms with Crippen molar-refractivity contribution < 1.29 is 17.9 Å². The van der Waals surface area contributed by atoms with E-state index in [1.807, 2.05) is 24.3 Å². The van der Waals surface area contributed by atoms with E-state index in [1.54, 1.807) is 37.2 Å². The van der Waals surface area contributed by atoms with Gasteiger partial charge in [-0.3, -0.25) is 13.9 Å². The van der Waals surface area contributed by atoms with Crippen LogP contribution in [0.4, 0.5) is 5.69 Å². The summed E-state index contributed by atoms with van der Waals surface area (Å²) in [6, 6.07) is 12.3. The highest BCUT2D eigenvalue weighted by Gasteiger charge is 2.28. The van der Waals surface area contributed by atoms with Crippen molar-refractivity contribution in [1.82, 2.24) is 13.4 Å². The Morgan fingerprint density at radius 2 is 1.54 bits per heavy atom. The van der Waals surface area contributed by atoms with Crippen LogP contribution in [-0.4, -0.2) is 54.6 Å². The number of hydrogen-bond donors (Lipinski definition) is 0. The SMILES string of the molecule is COCC(=O)N1CCCCCCCCN(S(=O)(=O)c2ccc3c(c2)n(C)c(=O)n3C)Cc2ccccc21. The normalized spacial score (nSPS) is 16.6. The summed E-state index contributed by atoms with van der Waals surface area (Å²) in [5.74, 6) is -0.144. The number of rotatable bonds is 4. The Balaban J connectivity index is 1.76. The van der Waals surface area contributed by atoms with E-state index in [1.165, 1.54) is 20.5 Å². The maximum Gasteiger partial charge on any atom is 0.328 e. The minimum atomic E-state index is -3.88. The third-order valence-corrected chi connectivity index (χ3v) is 8.96. The Morgan fingerprint density at radius 1 is 0.892 bits per heavy atom. The molecule has 0 spiro atoms. The molecule has 1 amide bonds. The number of anilines is 1. The fourth-order valence-corrected chi connectivity index (χ4v) is 6.50. The van der Waals surface area contributed by atoms with Crippen molar-refractivity contribution in [2.24, 2.45) is 14.1 Å². The van der Waals surface area contributed by atoms with Crippen LogP contribution in [0.5, 0.6) is 0 Å². The molecule has 0 N–H and O–H groups in total. The number of aryl methyl sites for hydroxylation is 2. The highest BCUT2D eigenvalue weighted by Crippen LogP contribution is 2.28. The number of benzene rings is 2. The first-order valence-electron chi connectivity index (χ1n) is 12.8. The zero-order chi connectivity index (χ0) is 26.6. The van der Waals surface area contributed by atoms with E-state index in [2.05, 4.69) is 0 Å². The first-order valence-corrected chi connectivity index (χ1v) is 14.2. The largest absolute Gasteiger partial charge is 0.375 e. The molecule has 3 aromatic rings. The first-order chi connectivity index (χ1) is 17.8. The number of fused-ring (bicyclic) bond motifs is 2. The van der Waals surface area contributed by atoms with E-state index in [0.717, 1.165) is 44.1 Å². The lowest BCUT2D eigenvalue weighted by Gasteiger charge is -2.28. The molecule has 0 radical (unpaired) electrons. The standard InChI is InChI=1S/C27H36N4O5S/c1-28-24-15-14-22(18-25(24)29(2)27(28)33)37(34,35)30-16-10-6-4-5-7-11-17-31(26(32)20-36-3)23-13-9-8-12-21(23)19-30/h8-9,12-15,18H,4-7,10-11,16-17,19-20H2,1-3H3. The molecule has 1 aliphatic rings. The molecule has 0 unspecified atom stereocenters. The molecule has 200 valence electrons. The van der Waals surface area contributed by atoms with Gasteiger partial charge in [0.15, 0.2) is 0 Å². The molecular weight excluding hydrogens is 492 g/mol. The van der Waals surface area contributed by atoms with Crippen molar-refractivity contribution in [2.45, 2.75) is 50.0 Å². The molecule has 37 heavy (non-hydrogen) atoms. The van der Waals surface area contributed by atoms with Crippen molar-refractivity contribution in [2.75, 3.05) is 31.7 Å². The topological polar surface area (TPSA) is 93.8 Å². The van der Waals surface area contributed by atoms with Gasteiger partial charge in [-0.1, -0.05) is 43.9 Å². The minimum absolute atomic E-state index is 0.0356. The van der Waals surface area contributed by atoms with Gasteiger partial charge in [0.05, 0.1) is 15.9 Å². The summed E-state index contributed by atoms with van der Waals surface area (Å²) < 4.78 is 37.6. The molecular formula is C27H36N4O5S. The number of carbonyl (C=O) groups excluding carboxylic acids is 1. The summed E-state index contributed by atoms with van der Waals surface area (Å²) in [5, 5.41) is 0. The van der Waals surface area contributed by atoms with E-state index in [4.69, 9.17) is 4.74 Å². The molecule has 0 saturated heterocycles. The number of ether oxygens (including phenoxy) is 1. The Morgan fingerprint density at radius 3 is 2.27 bits per heavy atom. The first kappa shape index (κ1) is 27.1. The van der Waals surface area contributed by atoms with Crippen LogP contribution in [0.2, 0.25) is 0 Å². The maximum absolute atomic E-state index is 14.0. The van der Waals surface area contributed by atoms with Gasteiger partial charge in [0.1, 0.15) is 6.61 Å². The van der Waals surface area contributed by atoms with Crippen LogP contribution in [0, 0.1) is 0 Å². The summed E-state index contributed by atoms with van der Waals surface area (Å²) in [6.45, 7) is 1.03. The smallest absolute Gasteiger partial charge is 0.328 e. The van der Waals surface area contributed by atoms with E-state index in [-0.39, 0.29) is 29.6 Å². The molecule has 0 saturated carbocycles. The van der Waals surface area contributed by atoms with Crippen molar-refractivity contribution in [1.29, 1.82) is 0 Å². The Bertz CT molecular complexity index is 1430. The van der Waals surface area contributed by atoms with Crippen LogP contribution >= 0.6 is 0 Å². The molecule has 4 rings (SSSR count). The molecule has 2 aromatic carbocycles. The van der Waals surface area contributed by atoms with Crippen LogP contribution in [-0.2, 0) is 40.2 Å². The average molecular weight is 529 g/mol. The number of sulfonamides is 1. The van der Waals surface area contributed by atoms with Gasteiger partial charge in [-0.2, -0.15) is 4.31 Å². The summed E-state index contributed by atoms with van der Waals surface area (Å²) in [7, 11) is 0.929. The molecule has 0 fully saturated rings. The van der Waals surface area contributed by atoms with Crippen LogP contribution in [0.25, 0.3) is 11.0 Å². The van der Waals surface area contributed by atoms with Crippen molar-refractivity contribution in [3.63, 3.8) is 0 Å². The monoisotopic (exact) mass is 528 g/mol. The quantitative estimate of drug-likeness (QED) is 0.517. The van der Waals surface area contributed by atoms with Gasteiger partial charge in [-0.25, -0.2) is 13.2 Å². The second-order valence-corrected chi connectivity index (χ2v) is 11.6. The molecule has 0 aliphatic carbocycles. The fraction of sp³-hybridized carbons (Fsp3) is 0.481. The number of hydrogen-bond acceptors (Lipinski definition) is 5. The zero-order valence-corrected chi connectivity index (χ0v) is 22.7. The lowest BCUT2D eigenvalue weighted by Crippen LogP contribution is -2.37. The Labute approximate surface area is 218 Å². The Kier molecular flexibility index (Phi) is 8.51. The summed E-state index contributed by atoms with van der Waals surface area (Å²) in [6.07, 6.45) is 5.63. The van der Waals surface area contributed by atoms with Crippen molar-refractivity contribution >= 4 is 32.7 Å². The molecule has 9 nitrogen and oxygen atoms in total. The molecule has 0 atom stereocenters. The molecule has 10 heteroatoms. The second-order valence-electron chi connectivity index (χ2n) is 9.62. The predicted octanol–water partition coefficient (Wildman–Crippen LogP) is 3.40. The van der Waals surface area contributed by atoms with Gasteiger partial charge in [0.2, 0.25) is 10.0 Å². The highest BCUT2D eigenvalue weighted by atomic mass is 32.2. The van der Waals surface area contributed by atoms with Crippen LogP contribution in [0.15, 0.2) is 52.2 Å². The van der Waals surface area contributed by atoms with Gasteiger partial charge >= 0.3 is 5.69 Å². The van der Waals surface area contributed by atoms with Crippen molar-refractivity contribution in [3.8, 4) is 0 Å². The average Bonchev–Trinajstić information content (AvgIpc) is 3.11. The number of para-hydroxylation sites is 1. The summed E-state index contributed by atoms with van der Waals surface area (Å²) >= 11 is 0. The number of aromatic nitrogens is 2. The number of nitrogens with zero attached hydrogens (tertiary/aromatic N) is 4. The zero-order valence-electron chi connectivity index (χ0n) is 21.9. The second kappa shape index (κ2) is 11.6. The van der Waals surface area contributed by atoms with E-state index >= 15 is 0 Å². The predicted molar refractivity (Wildman–Crippen MR) is 144 cm³/mol. The van der Waals surface area contributed by atoms with Crippen LogP contribution in [0.1, 0.15) is 44.1 Å². The van der Waals surface area contributed by atoms with Gasteiger partial charge in [-0.05, 0) is 42.7 Å². The Hall–Kier alpha value is -2.95. The maximum atomic E-state index is 14.0. The molecule has 0 bridgehead atoms. The molecule has 1 aliphatic heterocycles. The number of carbonyl (C=O) groups is 1. The van der Waals surface area contributed by atoms with Crippen LogP contribution < -0.4 is 10.6 Å². The third kappa shape index (κ3) is 5.66. The lowest BCUT2D eigenvalue weighted by molar-refractivity contribution is -0.122. The third-order valence-electron chi connectivity index (χ3n) is 7.12. The van der Waals surface area contributed by atoms with E-state index < -0.39 is 10.0 Å². The van der Waals surface area contributed by atoms with Gasteiger partial charge in [0, 0.05) is 46.5 Å². The van der Waals surface area contributed by atoms with E-state index in [0.29, 0.717) is 29.8 Å². The summed E-state index contributed by atoms with van der Waals surface area (Å²) in [5.41, 5.74) is 2.51. The van der Waals surface area contributed by atoms with Gasteiger partial charge < -0.3 is 9.64 Å². The van der Waals surface area contributed by atoms with Gasteiger partial charge in [-0.15, -0.1) is 0 Å². The lowest BCUT2D eigenvalue weighted by atomic mass is 10.1. The van der Waals surface area contributed by atoms with E-state index in [9.17, 15) is 18.0 Å². The number of amides is 1. The molecule has 2 heterocycles. The molecule has 1 aromatic heterocycles. The minimum Gasteiger partial charge on any atom is -0.375 e. The number of imidazole rings is 1. The van der Waals surface area contributed by atoms with Crippen molar-refractivity contribution in [3.05, 3.63) is 58.5 Å². The fourth-order valence-electron chi connectivity index (χ4n) is 5.02.